The zero-order valence-electron chi connectivity index (χ0n) is 9.32. The lowest BCUT2D eigenvalue weighted by atomic mass is 9.79. The van der Waals surface area contributed by atoms with Crippen LogP contribution >= 0.6 is 11.8 Å². The molecule has 0 fully saturated rings. The molecule has 90 valence electrons. The van der Waals surface area contributed by atoms with Crippen molar-refractivity contribution in [3.8, 4) is 0 Å². The third-order valence-electron chi connectivity index (χ3n) is 2.83. The zero-order chi connectivity index (χ0) is 12.0. The summed E-state index contributed by atoms with van der Waals surface area (Å²) >= 11 is 1.64. The van der Waals surface area contributed by atoms with Gasteiger partial charge in [-0.15, -0.1) is 0 Å². The smallest absolute Gasteiger partial charge is 0.123 e. The van der Waals surface area contributed by atoms with Crippen LogP contribution in [0.2, 0.25) is 0 Å². The highest BCUT2D eigenvalue weighted by Crippen LogP contribution is 2.29. The summed E-state index contributed by atoms with van der Waals surface area (Å²) < 4.78 is 13.1. The van der Waals surface area contributed by atoms with Crippen LogP contribution in [0.25, 0.3) is 0 Å². The fourth-order valence-corrected chi connectivity index (χ4v) is 2.25. The van der Waals surface area contributed by atoms with Crippen LogP contribution in [0, 0.1) is 5.82 Å². The van der Waals surface area contributed by atoms with Crippen molar-refractivity contribution in [1.82, 2.24) is 0 Å². The Bertz CT molecular complexity index is 327. The van der Waals surface area contributed by atoms with Crippen LogP contribution in [0.15, 0.2) is 24.3 Å². The second kappa shape index (κ2) is 6.23. The summed E-state index contributed by atoms with van der Waals surface area (Å²) in [7, 11) is 0. The van der Waals surface area contributed by atoms with Gasteiger partial charge in [-0.2, -0.15) is 11.8 Å². The van der Waals surface area contributed by atoms with Gasteiger partial charge >= 0.3 is 0 Å². The first-order valence-corrected chi connectivity index (χ1v) is 6.54. The molecule has 0 saturated heterocycles. The van der Waals surface area contributed by atoms with E-state index in [-0.39, 0.29) is 19.0 Å². The minimum atomic E-state index is -0.731. The van der Waals surface area contributed by atoms with Crippen molar-refractivity contribution in [3.63, 3.8) is 0 Å². The highest BCUT2D eigenvalue weighted by Gasteiger charge is 2.30. The molecule has 0 radical (unpaired) electrons. The maximum absolute atomic E-state index is 13.1. The third kappa shape index (κ3) is 2.97. The van der Waals surface area contributed by atoms with Crippen molar-refractivity contribution in [2.45, 2.75) is 11.8 Å². The van der Waals surface area contributed by atoms with E-state index in [0.717, 1.165) is 5.75 Å². The molecule has 2 nitrogen and oxygen atoms in total. The number of benzene rings is 1. The van der Waals surface area contributed by atoms with E-state index in [1.807, 2.05) is 6.26 Å². The molecule has 0 heterocycles. The lowest BCUT2D eigenvalue weighted by Gasteiger charge is -2.30. The maximum Gasteiger partial charge on any atom is 0.123 e. The summed E-state index contributed by atoms with van der Waals surface area (Å²) in [6.07, 6.45) is 2.59. The Morgan fingerprint density at radius 2 is 2.00 bits per heavy atom. The maximum atomic E-state index is 13.1. The molecule has 0 aromatic heterocycles. The first kappa shape index (κ1) is 13.5. The van der Waals surface area contributed by atoms with Gasteiger partial charge in [0.05, 0.1) is 13.2 Å². The average Bonchev–Trinajstić information content (AvgIpc) is 2.31. The lowest BCUT2D eigenvalue weighted by Crippen LogP contribution is -2.35. The molecule has 0 saturated carbocycles. The van der Waals surface area contributed by atoms with Crippen LogP contribution < -0.4 is 0 Å². The molecule has 4 heteroatoms. The predicted molar refractivity (Wildman–Crippen MR) is 65.2 cm³/mol. The molecule has 0 atom stereocenters. The molecule has 0 spiro atoms. The van der Waals surface area contributed by atoms with Crippen molar-refractivity contribution >= 4 is 11.8 Å². The van der Waals surface area contributed by atoms with Crippen LogP contribution in [0.5, 0.6) is 0 Å². The van der Waals surface area contributed by atoms with Crippen LogP contribution in [0.1, 0.15) is 12.0 Å². The number of aliphatic hydroxyl groups is 2. The Morgan fingerprint density at radius 1 is 1.31 bits per heavy atom. The average molecular weight is 244 g/mol. The van der Waals surface area contributed by atoms with Crippen molar-refractivity contribution in [3.05, 3.63) is 35.6 Å². The minimum Gasteiger partial charge on any atom is -0.395 e. The molecule has 1 aromatic carbocycles. The number of halogens is 1. The Morgan fingerprint density at radius 3 is 2.50 bits per heavy atom. The van der Waals surface area contributed by atoms with Crippen molar-refractivity contribution in [2.75, 3.05) is 25.2 Å². The zero-order valence-corrected chi connectivity index (χ0v) is 10.1. The molecule has 16 heavy (non-hydrogen) atoms. The van der Waals surface area contributed by atoms with Gasteiger partial charge in [0.1, 0.15) is 5.82 Å². The van der Waals surface area contributed by atoms with Crippen LogP contribution in [-0.2, 0) is 5.41 Å². The van der Waals surface area contributed by atoms with Gasteiger partial charge in [-0.3, -0.25) is 0 Å². The highest BCUT2D eigenvalue weighted by atomic mass is 32.2. The summed E-state index contributed by atoms with van der Waals surface area (Å²) in [4.78, 5) is 0. The van der Waals surface area contributed by atoms with E-state index in [2.05, 4.69) is 0 Å². The molecule has 0 bridgehead atoms. The molecule has 0 aliphatic rings. The van der Waals surface area contributed by atoms with E-state index in [0.29, 0.717) is 12.0 Å². The lowest BCUT2D eigenvalue weighted by molar-refractivity contribution is 0.114. The third-order valence-corrected chi connectivity index (χ3v) is 3.44. The van der Waals surface area contributed by atoms with E-state index in [4.69, 9.17) is 0 Å². The summed E-state index contributed by atoms with van der Waals surface area (Å²) in [5.74, 6) is 0.477. The second-order valence-electron chi connectivity index (χ2n) is 3.85. The number of thioether (sulfide) groups is 1. The molecule has 1 rings (SSSR count). The SMILES string of the molecule is CSCCC(CO)(CO)c1cccc(F)c1. The van der Waals surface area contributed by atoms with Gasteiger partial charge in [-0.05, 0) is 36.1 Å². The van der Waals surface area contributed by atoms with E-state index in [1.54, 1.807) is 23.9 Å². The number of aliphatic hydroxyl groups excluding tert-OH is 2. The van der Waals surface area contributed by atoms with Gasteiger partial charge in [0.15, 0.2) is 0 Å². The van der Waals surface area contributed by atoms with Crippen molar-refractivity contribution < 1.29 is 14.6 Å². The molecular formula is C12H17FO2S. The molecule has 0 aliphatic carbocycles. The largest absolute Gasteiger partial charge is 0.395 e. The number of rotatable bonds is 6. The first-order chi connectivity index (χ1) is 7.68. The molecule has 1 aromatic rings. The van der Waals surface area contributed by atoms with E-state index < -0.39 is 5.41 Å². The van der Waals surface area contributed by atoms with Crippen molar-refractivity contribution in [2.24, 2.45) is 0 Å². The summed E-state index contributed by atoms with van der Waals surface area (Å²) in [5.41, 5.74) is -0.0722. The van der Waals surface area contributed by atoms with Gasteiger partial charge in [-0.1, -0.05) is 12.1 Å². The topological polar surface area (TPSA) is 40.5 Å². The Kier molecular flexibility index (Phi) is 5.25. The van der Waals surface area contributed by atoms with Gasteiger partial charge in [-0.25, -0.2) is 4.39 Å². The Hall–Kier alpha value is -0.580. The normalized spacial score (nSPS) is 11.8. The standard InChI is InChI=1S/C12H17FO2S/c1-16-6-5-12(8-14,9-15)10-3-2-4-11(13)7-10/h2-4,7,14-15H,5-6,8-9H2,1H3. The van der Waals surface area contributed by atoms with Gasteiger partial charge in [0, 0.05) is 5.41 Å². The molecule has 0 unspecified atom stereocenters. The molecule has 0 aliphatic heterocycles. The van der Waals surface area contributed by atoms with Crippen LogP contribution in [0.4, 0.5) is 4.39 Å². The fourth-order valence-electron chi connectivity index (χ4n) is 1.65. The van der Waals surface area contributed by atoms with Crippen LogP contribution in [0.3, 0.4) is 0 Å². The van der Waals surface area contributed by atoms with Gasteiger partial charge in [0.2, 0.25) is 0 Å². The number of hydrogen-bond acceptors (Lipinski definition) is 3. The highest BCUT2D eigenvalue weighted by molar-refractivity contribution is 7.98. The predicted octanol–water partition coefficient (Wildman–Crippen LogP) is 1.80. The quantitative estimate of drug-likeness (QED) is 0.801. The van der Waals surface area contributed by atoms with Gasteiger partial charge < -0.3 is 10.2 Å². The van der Waals surface area contributed by atoms with Crippen molar-refractivity contribution in [1.29, 1.82) is 0 Å². The molecular weight excluding hydrogens is 227 g/mol. The molecule has 2 N–H and O–H groups in total. The second-order valence-corrected chi connectivity index (χ2v) is 4.84. The van der Waals surface area contributed by atoms with Crippen LogP contribution in [-0.4, -0.2) is 35.4 Å². The van der Waals surface area contributed by atoms with Gasteiger partial charge in [0.25, 0.3) is 0 Å². The summed E-state index contributed by atoms with van der Waals surface area (Å²) in [5, 5.41) is 18.9. The fraction of sp³-hybridized carbons (Fsp3) is 0.500. The summed E-state index contributed by atoms with van der Waals surface area (Å²) in [6.45, 7) is -0.346. The first-order valence-electron chi connectivity index (χ1n) is 5.15. The number of hydrogen-bond donors (Lipinski definition) is 2. The summed E-state index contributed by atoms with van der Waals surface area (Å²) in [6, 6.07) is 6.09. The Labute approximate surface area is 99.5 Å². The van der Waals surface area contributed by atoms with E-state index in [1.165, 1.54) is 12.1 Å². The van der Waals surface area contributed by atoms with E-state index in [9.17, 15) is 14.6 Å². The monoisotopic (exact) mass is 244 g/mol. The molecule has 0 amide bonds. The Balaban J connectivity index is 2.99. The van der Waals surface area contributed by atoms with E-state index >= 15 is 0 Å². The minimum absolute atomic E-state index is 0.173.